The van der Waals surface area contributed by atoms with E-state index in [-0.39, 0.29) is 11.7 Å². The van der Waals surface area contributed by atoms with E-state index in [0.29, 0.717) is 31.1 Å². The average molecular weight is 383 g/mol. The van der Waals surface area contributed by atoms with E-state index in [9.17, 15) is 9.90 Å². The normalized spacial score (nSPS) is 10.8. The number of para-hydroxylation sites is 1. The Bertz CT molecular complexity index is 769. The molecule has 0 atom stereocenters. The maximum Gasteiger partial charge on any atom is 0.244 e. The summed E-state index contributed by atoms with van der Waals surface area (Å²) < 4.78 is 11.3. The SMILES string of the molecule is CCCCCOc1c(C=CC(=O)NCCc2ccc(O)cc2)cccc1OC. The molecule has 5 nitrogen and oxygen atoms in total. The second-order valence-corrected chi connectivity index (χ2v) is 6.48. The quantitative estimate of drug-likeness (QED) is 0.447. The number of phenolic OH excluding ortho intramolecular Hbond substituents is 1. The Morgan fingerprint density at radius 2 is 1.93 bits per heavy atom. The highest BCUT2D eigenvalue weighted by Gasteiger charge is 2.09. The van der Waals surface area contributed by atoms with E-state index in [1.54, 1.807) is 25.3 Å². The van der Waals surface area contributed by atoms with Crippen molar-refractivity contribution in [3.05, 3.63) is 59.7 Å². The van der Waals surface area contributed by atoms with Crippen molar-refractivity contribution in [2.45, 2.75) is 32.6 Å². The summed E-state index contributed by atoms with van der Waals surface area (Å²) in [4.78, 5) is 12.1. The van der Waals surface area contributed by atoms with Crippen LogP contribution in [0.2, 0.25) is 0 Å². The number of carbonyl (C=O) groups is 1. The summed E-state index contributed by atoms with van der Waals surface area (Å²) in [6.45, 7) is 3.29. The molecule has 5 heteroatoms. The summed E-state index contributed by atoms with van der Waals surface area (Å²) in [5.41, 5.74) is 1.86. The molecule has 2 rings (SSSR count). The number of methoxy groups -OCH3 is 1. The molecule has 150 valence electrons. The Morgan fingerprint density at radius 1 is 1.14 bits per heavy atom. The van der Waals surface area contributed by atoms with Crippen LogP contribution in [0.15, 0.2) is 48.5 Å². The molecule has 0 heterocycles. The van der Waals surface area contributed by atoms with E-state index < -0.39 is 0 Å². The molecule has 2 aromatic rings. The van der Waals surface area contributed by atoms with Crippen molar-refractivity contribution in [1.82, 2.24) is 5.32 Å². The minimum Gasteiger partial charge on any atom is -0.508 e. The number of amides is 1. The first kappa shape index (κ1) is 21.4. The maximum atomic E-state index is 12.1. The van der Waals surface area contributed by atoms with Gasteiger partial charge >= 0.3 is 0 Å². The van der Waals surface area contributed by atoms with Crippen LogP contribution >= 0.6 is 0 Å². The zero-order valence-electron chi connectivity index (χ0n) is 16.6. The summed E-state index contributed by atoms with van der Waals surface area (Å²) in [6, 6.07) is 12.6. The number of ether oxygens (including phenoxy) is 2. The number of aromatic hydroxyl groups is 1. The smallest absolute Gasteiger partial charge is 0.244 e. The van der Waals surface area contributed by atoms with Gasteiger partial charge in [0.05, 0.1) is 13.7 Å². The Labute approximate surface area is 167 Å². The molecule has 0 fully saturated rings. The number of hydrogen-bond donors (Lipinski definition) is 2. The van der Waals surface area contributed by atoms with Crippen molar-refractivity contribution in [2.24, 2.45) is 0 Å². The molecule has 0 aliphatic carbocycles. The van der Waals surface area contributed by atoms with E-state index >= 15 is 0 Å². The van der Waals surface area contributed by atoms with Gasteiger partial charge in [0, 0.05) is 18.2 Å². The zero-order chi connectivity index (χ0) is 20.2. The third-order valence-corrected chi connectivity index (χ3v) is 4.29. The van der Waals surface area contributed by atoms with Crippen molar-refractivity contribution in [3.63, 3.8) is 0 Å². The first-order valence-electron chi connectivity index (χ1n) is 9.67. The summed E-state index contributed by atoms with van der Waals surface area (Å²) in [5, 5.41) is 12.2. The van der Waals surface area contributed by atoms with Gasteiger partial charge in [-0.3, -0.25) is 4.79 Å². The summed E-state index contributed by atoms with van der Waals surface area (Å²) in [5.74, 6) is 1.39. The van der Waals surface area contributed by atoms with E-state index in [1.807, 2.05) is 30.3 Å². The fourth-order valence-corrected chi connectivity index (χ4v) is 2.72. The highest BCUT2D eigenvalue weighted by molar-refractivity contribution is 5.92. The van der Waals surface area contributed by atoms with Crippen molar-refractivity contribution >= 4 is 12.0 Å². The van der Waals surface area contributed by atoms with Crippen molar-refractivity contribution < 1.29 is 19.4 Å². The first-order chi connectivity index (χ1) is 13.6. The van der Waals surface area contributed by atoms with Crippen LogP contribution in [0.25, 0.3) is 6.08 Å². The molecule has 0 saturated heterocycles. The van der Waals surface area contributed by atoms with Gasteiger partial charge in [0.1, 0.15) is 5.75 Å². The van der Waals surface area contributed by atoms with Crippen molar-refractivity contribution in [3.8, 4) is 17.2 Å². The third-order valence-electron chi connectivity index (χ3n) is 4.29. The van der Waals surface area contributed by atoms with Crippen LogP contribution in [0.5, 0.6) is 17.2 Å². The van der Waals surface area contributed by atoms with Gasteiger partial charge in [-0.25, -0.2) is 0 Å². The fraction of sp³-hybridized carbons (Fsp3) is 0.348. The van der Waals surface area contributed by atoms with Gasteiger partial charge in [0.15, 0.2) is 11.5 Å². The monoisotopic (exact) mass is 383 g/mol. The molecule has 0 aromatic heterocycles. The largest absolute Gasteiger partial charge is 0.508 e. The standard InChI is InChI=1S/C23H29NO4/c1-3-4-5-17-28-23-19(7-6-8-21(23)27-2)11-14-22(26)24-16-15-18-9-12-20(25)13-10-18/h6-14,25H,3-5,15-17H2,1-2H3,(H,24,26). The van der Waals surface area contributed by atoms with E-state index in [0.717, 1.165) is 30.4 Å². The predicted octanol–water partition coefficient (Wildman–Crippen LogP) is 4.34. The summed E-state index contributed by atoms with van der Waals surface area (Å²) in [6.07, 6.45) is 7.18. The lowest BCUT2D eigenvalue weighted by Gasteiger charge is -2.13. The van der Waals surface area contributed by atoms with Crippen LogP contribution in [-0.2, 0) is 11.2 Å². The van der Waals surface area contributed by atoms with Gasteiger partial charge in [0.25, 0.3) is 0 Å². The van der Waals surface area contributed by atoms with Gasteiger partial charge in [-0.15, -0.1) is 0 Å². The van der Waals surface area contributed by atoms with E-state index in [2.05, 4.69) is 12.2 Å². The van der Waals surface area contributed by atoms with Crippen LogP contribution in [0.1, 0.15) is 37.3 Å². The second kappa shape index (κ2) is 11.7. The number of hydrogen-bond acceptors (Lipinski definition) is 4. The predicted molar refractivity (Wildman–Crippen MR) is 112 cm³/mol. The minimum atomic E-state index is -0.168. The Hall–Kier alpha value is -2.95. The number of phenols is 1. The van der Waals surface area contributed by atoms with Crippen LogP contribution in [0, 0.1) is 0 Å². The number of carbonyl (C=O) groups excluding carboxylic acids is 1. The first-order valence-corrected chi connectivity index (χ1v) is 9.67. The Balaban J connectivity index is 1.92. The molecular weight excluding hydrogens is 354 g/mol. The Kier molecular flexibility index (Phi) is 8.92. The van der Waals surface area contributed by atoms with Crippen LogP contribution < -0.4 is 14.8 Å². The molecule has 0 aliphatic heterocycles. The molecule has 0 bridgehead atoms. The highest BCUT2D eigenvalue weighted by atomic mass is 16.5. The molecule has 28 heavy (non-hydrogen) atoms. The summed E-state index contributed by atoms with van der Waals surface area (Å²) in [7, 11) is 1.61. The topological polar surface area (TPSA) is 67.8 Å². The van der Waals surface area contributed by atoms with E-state index in [1.165, 1.54) is 6.08 Å². The lowest BCUT2D eigenvalue weighted by atomic mass is 10.1. The van der Waals surface area contributed by atoms with Crippen molar-refractivity contribution in [2.75, 3.05) is 20.3 Å². The number of rotatable bonds is 11. The van der Waals surface area contributed by atoms with Crippen LogP contribution in [0.3, 0.4) is 0 Å². The molecule has 0 radical (unpaired) electrons. The maximum absolute atomic E-state index is 12.1. The van der Waals surface area contributed by atoms with Crippen LogP contribution in [-0.4, -0.2) is 31.3 Å². The molecule has 2 aromatic carbocycles. The highest BCUT2D eigenvalue weighted by Crippen LogP contribution is 2.32. The summed E-state index contributed by atoms with van der Waals surface area (Å²) >= 11 is 0. The fourth-order valence-electron chi connectivity index (χ4n) is 2.72. The number of benzene rings is 2. The van der Waals surface area contributed by atoms with Crippen molar-refractivity contribution in [1.29, 1.82) is 0 Å². The molecule has 2 N–H and O–H groups in total. The molecule has 0 unspecified atom stereocenters. The van der Waals surface area contributed by atoms with Gasteiger partial charge in [-0.2, -0.15) is 0 Å². The number of unbranched alkanes of at least 4 members (excludes halogenated alkanes) is 2. The number of nitrogens with one attached hydrogen (secondary N) is 1. The average Bonchev–Trinajstić information content (AvgIpc) is 2.71. The molecular formula is C23H29NO4. The van der Waals surface area contributed by atoms with Gasteiger partial charge in [0.2, 0.25) is 5.91 Å². The minimum absolute atomic E-state index is 0.168. The molecule has 0 spiro atoms. The van der Waals surface area contributed by atoms with E-state index in [4.69, 9.17) is 9.47 Å². The lowest BCUT2D eigenvalue weighted by molar-refractivity contribution is -0.116. The molecule has 0 saturated carbocycles. The van der Waals surface area contributed by atoms with Gasteiger partial charge < -0.3 is 19.9 Å². The third kappa shape index (κ3) is 6.99. The molecule has 1 amide bonds. The molecule has 0 aliphatic rings. The van der Waals surface area contributed by atoms with Gasteiger partial charge in [-0.05, 0) is 42.7 Å². The van der Waals surface area contributed by atoms with Crippen LogP contribution in [0.4, 0.5) is 0 Å². The second-order valence-electron chi connectivity index (χ2n) is 6.48. The zero-order valence-corrected chi connectivity index (χ0v) is 16.6. The van der Waals surface area contributed by atoms with Gasteiger partial charge in [-0.1, -0.05) is 44.0 Å². The lowest BCUT2D eigenvalue weighted by Crippen LogP contribution is -2.23. The Morgan fingerprint density at radius 3 is 2.64 bits per heavy atom.